The van der Waals surface area contributed by atoms with Crippen LogP contribution in [0, 0.1) is 0 Å². The normalized spacial score (nSPS) is 18.6. The Morgan fingerprint density at radius 3 is 2.44 bits per heavy atom. The smallest absolute Gasteiger partial charge is 0.254 e. The number of rotatable bonds is 5. The van der Waals surface area contributed by atoms with E-state index in [0.29, 0.717) is 29.5 Å². The Balaban J connectivity index is 1.89. The molecule has 2 aromatic rings. The zero-order valence-electron chi connectivity index (χ0n) is 15.6. The Morgan fingerprint density at radius 2 is 1.89 bits per heavy atom. The summed E-state index contributed by atoms with van der Waals surface area (Å²) < 4.78 is 23.9. The molecule has 1 aliphatic heterocycles. The minimum absolute atomic E-state index is 0.0172. The molecule has 0 aromatic heterocycles. The van der Waals surface area contributed by atoms with Crippen LogP contribution in [0.15, 0.2) is 48.5 Å². The first kappa shape index (κ1) is 19.9. The summed E-state index contributed by atoms with van der Waals surface area (Å²) in [6.45, 7) is 4.64. The molecule has 1 saturated heterocycles. The molecular formula is C21H24ClNO3S. The highest BCUT2D eigenvalue weighted by Crippen LogP contribution is 2.24. The molecule has 6 heteroatoms. The number of nitrogens with zero attached hydrogens (tertiary/aromatic N) is 1. The van der Waals surface area contributed by atoms with Gasteiger partial charge in [0.1, 0.15) is 0 Å². The van der Waals surface area contributed by atoms with Crippen LogP contribution in [0.2, 0.25) is 5.02 Å². The summed E-state index contributed by atoms with van der Waals surface area (Å²) in [5, 5.41) is 0.487. The highest BCUT2D eigenvalue weighted by Gasteiger charge is 2.35. The molecule has 0 aliphatic carbocycles. The standard InChI is InChI=1S/C21H24ClNO3S/c1-15(2)17-8-6-16(7-9-17)13-23(20-10-11-27(25,26)14-20)21(24)18-4-3-5-19(22)12-18/h3-9,12,15,20H,10-11,13-14H2,1-2H3/t20-/m1/s1. The lowest BCUT2D eigenvalue weighted by Crippen LogP contribution is -2.40. The van der Waals surface area contributed by atoms with Gasteiger partial charge in [0.25, 0.3) is 5.91 Å². The average molecular weight is 406 g/mol. The van der Waals surface area contributed by atoms with Gasteiger partial charge in [0, 0.05) is 23.2 Å². The third-order valence-electron chi connectivity index (χ3n) is 4.98. The number of amides is 1. The van der Waals surface area contributed by atoms with Crippen LogP contribution in [-0.2, 0) is 16.4 Å². The van der Waals surface area contributed by atoms with Crippen LogP contribution >= 0.6 is 11.6 Å². The Morgan fingerprint density at radius 1 is 1.19 bits per heavy atom. The Labute approximate surface area is 166 Å². The molecule has 4 nitrogen and oxygen atoms in total. The van der Waals surface area contributed by atoms with E-state index in [4.69, 9.17) is 11.6 Å². The van der Waals surface area contributed by atoms with Crippen molar-refractivity contribution in [3.05, 3.63) is 70.2 Å². The SMILES string of the molecule is CC(C)c1ccc(CN(C(=O)c2cccc(Cl)c2)[C@@H]2CCS(=O)(=O)C2)cc1. The van der Waals surface area contributed by atoms with Crippen molar-refractivity contribution in [1.82, 2.24) is 4.90 Å². The van der Waals surface area contributed by atoms with Crippen molar-refractivity contribution in [3.8, 4) is 0 Å². The van der Waals surface area contributed by atoms with Crippen LogP contribution in [0.4, 0.5) is 0 Å². The van der Waals surface area contributed by atoms with Gasteiger partial charge in [-0.25, -0.2) is 8.42 Å². The Hall–Kier alpha value is -1.85. The van der Waals surface area contributed by atoms with Crippen LogP contribution in [0.5, 0.6) is 0 Å². The fourth-order valence-electron chi connectivity index (χ4n) is 3.38. The van der Waals surface area contributed by atoms with Crippen LogP contribution in [0.1, 0.15) is 47.7 Å². The zero-order chi connectivity index (χ0) is 19.6. The van der Waals surface area contributed by atoms with Crippen molar-refractivity contribution in [2.24, 2.45) is 0 Å². The van der Waals surface area contributed by atoms with E-state index in [-0.39, 0.29) is 23.5 Å². The van der Waals surface area contributed by atoms with Gasteiger partial charge in [-0.3, -0.25) is 4.79 Å². The first-order valence-electron chi connectivity index (χ1n) is 9.11. The topological polar surface area (TPSA) is 54.5 Å². The van der Waals surface area contributed by atoms with E-state index >= 15 is 0 Å². The van der Waals surface area contributed by atoms with Crippen LogP contribution < -0.4 is 0 Å². The molecule has 0 unspecified atom stereocenters. The molecule has 0 spiro atoms. The maximum atomic E-state index is 13.1. The summed E-state index contributed by atoms with van der Waals surface area (Å²) in [6, 6.07) is 14.6. The Bertz CT molecular complexity index is 923. The van der Waals surface area contributed by atoms with Gasteiger partial charge in [-0.2, -0.15) is 0 Å². The van der Waals surface area contributed by atoms with E-state index in [9.17, 15) is 13.2 Å². The third-order valence-corrected chi connectivity index (χ3v) is 6.97. The molecule has 144 valence electrons. The lowest BCUT2D eigenvalue weighted by atomic mass is 10.0. The van der Waals surface area contributed by atoms with Crippen LogP contribution in [-0.4, -0.2) is 36.8 Å². The van der Waals surface area contributed by atoms with E-state index in [1.165, 1.54) is 5.56 Å². The number of hydrogen-bond acceptors (Lipinski definition) is 3. The zero-order valence-corrected chi connectivity index (χ0v) is 17.1. The van der Waals surface area contributed by atoms with E-state index in [2.05, 4.69) is 26.0 Å². The molecule has 1 fully saturated rings. The van der Waals surface area contributed by atoms with Gasteiger partial charge in [-0.05, 0) is 41.7 Å². The van der Waals surface area contributed by atoms with Crippen molar-refractivity contribution in [1.29, 1.82) is 0 Å². The number of sulfone groups is 1. The first-order chi connectivity index (χ1) is 12.7. The number of hydrogen-bond donors (Lipinski definition) is 0. The summed E-state index contributed by atoms with van der Waals surface area (Å²) in [5.74, 6) is 0.392. The molecule has 0 N–H and O–H groups in total. The molecule has 27 heavy (non-hydrogen) atoms. The molecule has 3 rings (SSSR count). The molecule has 0 saturated carbocycles. The predicted octanol–water partition coefficient (Wildman–Crippen LogP) is 4.29. The molecule has 1 aliphatic rings. The second-order valence-electron chi connectivity index (χ2n) is 7.40. The minimum Gasteiger partial charge on any atom is -0.330 e. The molecule has 1 atom stereocenters. The van der Waals surface area contributed by atoms with Crippen molar-refractivity contribution in [2.75, 3.05) is 11.5 Å². The van der Waals surface area contributed by atoms with Crippen LogP contribution in [0.3, 0.4) is 0 Å². The maximum absolute atomic E-state index is 13.1. The largest absolute Gasteiger partial charge is 0.330 e. The third kappa shape index (κ3) is 4.90. The Kier molecular flexibility index (Phi) is 5.92. The van der Waals surface area contributed by atoms with Crippen molar-refractivity contribution in [3.63, 3.8) is 0 Å². The molecule has 0 radical (unpaired) electrons. The quantitative estimate of drug-likeness (QED) is 0.745. The molecule has 1 heterocycles. The summed E-state index contributed by atoms with van der Waals surface area (Å²) in [5.41, 5.74) is 2.69. The van der Waals surface area contributed by atoms with E-state index < -0.39 is 9.84 Å². The lowest BCUT2D eigenvalue weighted by molar-refractivity contribution is 0.0681. The number of carbonyl (C=O) groups is 1. The molecular weight excluding hydrogens is 382 g/mol. The molecule has 1 amide bonds. The second kappa shape index (κ2) is 8.03. The fourth-order valence-corrected chi connectivity index (χ4v) is 5.30. The summed E-state index contributed by atoms with van der Waals surface area (Å²) in [7, 11) is -3.09. The molecule has 0 bridgehead atoms. The van der Waals surface area contributed by atoms with Crippen LogP contribution in [0.25, 0.3) is 0 Å². The van der Waals surface area contributed by atoms with Crippen molar-refractivity contribution in [2.45, 2.75) is 38.8 Å². The van der Waals surface area contributed by atoms with Gasteiger partial charge in [0.2, 0.25) is 0 Å². The van der Waals surface area contributed by atoms with Gasteiger partial charge in [0.15, 0.2) is 9.84 Å². The lowest BCUT2D eigenvalue weighted by Gasteiger charge is -2.29. The van der Waals surface area contributed by atoms with Crippen molar-refractivity contribution >= 4 is 27.3 Å². The highest BCUT2D eigenvalue weighted by atomic mass is 35.5. The molecule has 2 aromatic carbocycles. The summed E-state index contributed by atoms with van der Waals surface area (Å²) >= 11 is 6.04. The number of halogens is 1. The van der Waals surface area contributed by atoms with Gasteiger partial charge in [-0.15, -0.1) is 0 Å². The van der Waals surface area contributed by atoms with E-state index in [0.717, 1.165) is 5.56 Å². The van der Waals surface area contributed by atoms with Gasteiger partial charge < -0.3 is 4.90 Å². The fraction of sp³-hybridized carbons (Fsp3) is 0.381. The maximum Gasteiger partial charge on any atom is 0.254 e. The highest BCUT2D eigenvalue weighted by molar-refractivity contribution is 7.91. The summed E-state index contributed by atoms with van der Waals surface area (Å²) in [4.78, 5) is 14.8. The van der Waals surface area contributed by atoms with Gasteiger partial charge in [-0.1, -0.05) is 55.8 Å². The monoisotopic (exact) mass is 405 g/mol. The number of benzene rings is 2. The first-order valence-corrected chi connectivity index (χ1v) is 11.3. The predicted molar refractivity (Wildman–Crippen MR) is 109 cm³/mol. The van der Waals surface area contributed by atoms with Gasteiger partial charge in [0.05, 0.1) is 11.5 Å². The minimum atomic E-state index is -3.09. The van der Waals surface area contributed by atoms with E-state index in [1.807, 2.05) is 12.1 Å². The average Bonchev–Trinajstić information content (AvgIpc) is 2.99. The number of carbonyl (C=O) groups excluding carboxylic acids is 1. The summed E-state index contributed by atoms with van der Waals surface area (Å²) in [6.07, 6.45) is 0.471. The second-order valence-corrected chi connectivity index (χ2v) is 10.1. The van der Waals surface area contributed by atoms with Crippen molar-refractivity contribution < 1.29 is 13.2 Å². The van der Waals surface area contributed by atoms with Gasteiger partial charge >= 0.3 is 0 Å². The van der Waals surface area contributed by atoms with E-state index in [1.54, 1.807) is 29.2 Å².